The van der Waals surface area contributed by atoms with Crippen LogP contribution in [0.4, 0.5) is 4.39 Å². The molecule has 3 N–H and O–H groups in total. The molecule has 0 radical (unpaired) electrons. The summed E-state index contributed by atoms with van der Waals surface area (Å²) in [6.45, 7) is 2.33. The van der Waals surface area contributed by atoms with Crippen molar-refractivity contribution >= 4 is 5.91 Å². The van der Waals surface area contributed by atoms with E-state index in [-0.39, 0.29) is 18.5 Å². The molecule has 0 aliphatic heterocycles. The molecule has 0 unspecified atom stereocenters. The molecule has 0 bridgehead atoms. The highest BCUT2D eigenvalue weighted by atomic mass is 19.1. The lowest BCUT2D eigenvalue weighted by Crippen LogP contribution is -2.43. The van der Waals surface area contributed by atoms with Crippen LogP contribution in [0.5, 0.6) is 0 Å². The van der Waals surface area contributed by atoms with E-state index < -0.39 is 5.82 Å². The summed E-state index contributed by atoms with van der Waals surface area (Å²) in [5.74, 6) is 5.44. The predicted octanol–water partition coefficient (Wildman–Crippen LogP) is 1.66. The molecule has 0 aromatic heterocycles. The molecule has 3 nitrogen and oxygen atoms in total. The van der Waals surface area contributed by atoms with E-state index >= 15 is 0 Å². The number of amides is 1. The second-order valence-corrected chi connectivity index (χ2v) is 4.94. The fourth-order valence-corrected chi connectivity index (χ4v) is 2.25. The van der Waals surface area contributed by atoms with Gasteiger partial charge in [0.1, 0.15) is 5.82 Å². The molecule has 0 heterocycles. The van der Waals surface area contributed by atoms with Crippen LogP contribution in [0.2, 0.25) is 0 Å². The number of carbonyl (C=O) groups excluding carboxylic acids is 1. The number of benzene rings is 1. The average Bonchev–Trinajstić information content (AvgIpc) is 2.34. The maximum Gasteiger partial charge on any atom is 0.252 e. The lowest BCUT2D eigenvalue weighted by Gasteiger charge is -2.33. The van der Waals surface area contributed by atoms with Gasteiger partial charge in [0.05, 0.1) is 12.1 Å². The van der Waals surface area contributed by atoms with Crippen LogP contribution in [0.15, 0.2) is 18.2 Å². The minimum atomic E-state index is -0.407. The molecule has 1 aliphatic carbocycles. The number of rotatable bonds is 2. The third-order valence-electron chi connectivity index (χ3n) is 3.26. The molecule has 2 rings (SSSR count). The topological polar surface area (TPSA) is 55.1 Å². The highest BCUT2D eigenvalue weighted by molar-refractivity contribution is 5.97. The summed E-state index contributed by atoms with van der Waals surface area (Å²) in [6.07, 6.45) is 1.99. The van der Waals surface area contributed by atoms with Crippen molar-refractivity contribution in [3.05, 3.63) is 35.1 Å². The van der Waals surface area contributed by atoms with Gasteiger partial charge in [-0.2, -0.15) is 0 Å². The Labute approximate surface area is 112 Å². The zero-order chi connectivity index (χ0) is 13.8. The Morgan fingerprint density at radius 1 is 1.53 bits per heavy atom. The molecule has 100 valence electrons. The SMILES string of the molecule is CC1CC(NC(=O)c2ccc(F)cc2C#CCN)C1. The third-order valence-corrected chi connectivity index (χ3v) is 3.26. The first kappa shape index (κ1) is 13.6. The van der Waals surface area contributed by atoms with Gasteiger partial charge in [0.15, 0.2) is 0 Å². The van der Waals surface area contributed by atoms with Crippen LogP contribution < -0.4 is 11.1 Å². The van der Waals surface area contributed by atoms with Crippen molar-refractivity contribution in [1.29, 1.82) is 0 Å². The van der Waals surface area contributed by atoms with Crippen molar-refractivity contribution in [3.63, 3.8) is 0 Å². The maximum atomic E-state index is 13.2. The van der Waals surface area contributed by atoms with E-state index in [1.54, 1.807) is 0 Å². The normalized spacial score (nSPS) is 21.0. The minimum absolute atomic E-state index is 0.178. The van der Waals surface area contributed by atoms with E-state index in [1.165, 1.54) is 18.2 Å². The molecule has 1 saturated carbocycles. The monoisotopic (exact) mass is 260 g/mol. The van der Waals surface area contributed by atoms with Crippen molar-refractivity contribution < 1.29 is 9.18 Å². The molecular weight excluding hydrogens is 243 g/mol. The average molecular weight is 260 g/mol. The summed E-state index contributed by atoms with van der Waals surface area (Å²) in [5, 5.41) is 2.94. The zero-order valence-electron chi connectivity index (χ0n) is 10.9. The van der Waals surface area contributed by atoms with Gasteiger partial charge in [0.25, 0.3) is 5.91 Å². The predicted molar refractivity (Wildman–Crippen MR) is 72.0 cm³/mol. The second kappa shape index (κ2) is 5.85. The van der Waals surface area contributed by atoms with Crippen molar-refractivity contribution in [2.75, 3.05) is 6.54 Å². The number of halogens is 1. The molecule has 1 aliphatic rings. The fraction of sp³-hybridized carbons (Fsp3) is 0.400. The van der Waals surface area contributed by atoms with Gasteiger partial charge in [0, 0.05) is 11.6 Å². The summed E-state index contributed by atoms with van der Waals surface area (Å²) in [7, 11) is 0. The van der Waals surface area contributed by atoms with Crippen molar-refractivity contribution in [1.82, 2.24) is 5.32 Å². The second-order valence-electron chi connectivity index (χ2n) is 4.94. The summed E-state index contributed by atoms with van der Waals surface area (Å²) >= 11 is 0. The van der Waals surface area contributed by atoms with Crippen LogP contribution in [0, 0.1) is 23.6 Å². The quantitative estimate of drug-likeness (QED) is 0.795. The first-order valence-electron chi connectivity index (χ1n) is 6.39. The number of nitrogens with two attached hydrogens (primary N) is 1. The van der Waals surface area contributed by atoms with Crippen molar-refractivity contribution in [3.8, 4) is 11.8 Å². The smallest absolute Gasteiger partial charge is 0.252 e. The summed E-state index contributed by atoms with van der Waals surface area (Å²) in [4.78, 5) is 12.1. The van der Waals surface area contributed by atoms with Gasteiger partial charge in [0.2, 0.25) is 0 Å². The number of nitrogens with one attached hydrogen (secondary N) is 1. The van der Waals surface area contributed by atoms with Crippen LogP contribution in [0.1, 0.15) is 35.7 Å². The molecule has 1 aromatic rings. The van der Waals surface area contributed by atoms with E-state index in [4.69, 9.17) is 5.73 Å². The molecule has 0 atom stereocenters. The highest BCUT2D eigenvalue weighted by Crippen LogP contribution is 2.26. The Bertz CT molecular complexity index is 539. The van der Waals surface area contributed by atoms with Gasteiger partial charge in [-0.3, -0.25) is 4.79 Å². The zero-order valence-corrected chi connectivity index (χ0v) is 10.9. The van der Waals surface area contributed by atoms with Crippen LogP contribution in [-0.4, -0.2) is 18.5 Å². The minimum Gasteiger partial charge on any atom is -0.349 e. The first-order chi connectivity index (χ1) is 9.10. The van der Waals surface area contributed by atoms with Gasteiger partial charge in [-0.1, -0.05) is 18.8 Å². The Kier molecular flexibility index (Phi) is 4.18. The van der Waals surface area contributed by atoms with Crippen LogP contribution in [-0.2, 0) is 0 Å². The summed E-state index contributed by atoms with van der Waals surface area (Å²) < 4.78 is 13.2. The van der Waals surface area contributed by atoms with Crippen molar-refractivity contribution in [2.24, 2.45) is 11.7 Å². The highest BCUT2D eigenvalue weighted by Gasteiger charge is 2.27. The van der Waals surface area contributed by atoms with Crippen molar-refractivity contribution in [2.45, 2.75) is 25.8 Å². The molecule has 19 heavy (non-hydrogen) atoms. The summed E-state index contributed by atoms with van der Waals surface area (Å²) in [5.41, 5.74) is 6.09. The first-order valence-corrected chi connectivity index (χ1v) is 6.39. The Morgan fingerprint density at radius 2 is 2.26 bits per heavy atom. The lowest BCUT2D eigenvalue weighted by atomic mass is 9.82. The number of hydrogen-bond acceptors (Lipinski definition) is 2. The Balaban J connectivity index is 2.16. The summed E-state index contributed by atoms with van der Waals surface area (Å²) in [6, 6.07) is 4.23. The molecule has 0 saturated heterocycles. The van der Waals surface area contributed by atoms with E-state index in [1.807, 2.05) is 0 Å². The lowest BCUT2D eigenvalue weighted by molar-refractivity contribution is 0.0896. The third kappa shape index (κ3) is 3.33. The molecule has 1 fully saturated rings. The van der Waals surface area contributed by atoms with E-state index in [0.717, 1.165) is 12.8 Å². The van der Waals surface area contributed by atoms with E-state index in [2.05, 4.69) is 24.1 Å². The van der Waals surface area contributed by atoms with E-state index in [0.29, 0.717) is 17.0 Å². The van der Waals surface area contributed by atoms with Crippen LogP contribution in [0.25, 0.3) is 0 Å². The van der Waals surface area contributed by atoms with E-state index in [9.17, 15) is 9.18 Å². The molecule has 0 spiro atoms. The largest absolute Gasteiger partial charge is 0.349 e. The standard InChI is InChI=1S/C15H17FN2O/c1-10-7-13(8-10)18-15(19)14-5-4-12(16)9-11(14)3-2-6-17/h4-5,9-10,13H,6-8,17H2,1H3,(H,18,19). The van der Waals surface area contributed by atoms with Crippen LogP contribution in [0.3, 0.4) is 0 Å². The van der Waals surface area contributed by atoms with Crippen LogP contribution >= 0.6 is 0 Å². The molecule has 1 amide bonds. The Hall–Kier alpha value is -1.86. The van der Waals surface area contributed by atoms with Gasteiger partial charge < -0.3 is 11.1 Å². The number of hydrogen-bond donors (Lipinski definition) is 2. The molecule has 1 aromatic carbocycles. The van der Waals surface area contributed by atoms with Gasteiger partial charge in [-0.05, 0) is 37.0 Å². The Morgan fingerprint density at radius 3 is 2.89 bits per heavy atom. The van der Waals surface area contributed by atoms with Gasteiger partial charge in [-0.15, -0.1) is 0 Å². The van der Waals surface area contributed by atoms with Gasteiger partial charge in [-0.25, -0.2) is 4.39 Å². The molecular formula is C15H17FN2O. The molecule has 4 heteroatoms. The maximum absolute atomic E-state index is 13.2. The fourth-order valence-electron chi connectivity index (χ4n) is 2.25. The van der Waals surface area contributed by atoms with Gasteiger partial charge >= 0.3 is 0 Å². The number of carbonyl (C=O) groups is 1.